The number of nitrogens with zero attached hydrogens (tertiary/aromatic N) is 2. The third-order valence-corrected chi connectivity index (χ3v) is 3.84. The van der Waals surface area contributed by atoms with Crippen molar-refractivity contribution in [3.05, 3.63) is 0 Å². The minimum Gasteiger partial charge on any atom is -0.314 e. The van der Waals surface area contributed by atoms with E-state index in [1.54, 1.807) is 0 Å². The number of nitriles is 1. The molecule has 1 aliphatic rings. The molecule has 0 aliphatic carbocycles. The minimum atomic E-state index is -0.161. The predicted molar refractivity (Wildman–Crippen MR) is 76.4 cm³/mol. The van der Waals surface area contributed by atoms with E-state index in [0.29, 0.717) is 6.04 Å². The summed E-state index contributed by atoms with van der Waals surface area (Å²) in [5, 5.41) is 12.6. The molecule has 1 saturated heterocycles. The SMILES string of the molecule is CCCN1CCC(NCCCC(C)(C)C#N)CC1. The monoisotopic (exact) mass is 251 g/mol. The third-order valence-electron chi connectivity index (χ3n) is 3.84. The molecule has 104 valence electrons. The molecular weight excluding hydrogens is 222 g/mol. The third kappa shape index (κ3) is 5.84. The maximum absolute atomic E-state index is 8.95. The van der Waals surface area contributed by atoms with Gasteiger partial charge >= 0.3 is 0 Å². The highest BCUT2D eigenvalue weighted by Crippen LogP contribution is 2.20. The van der Waals surface area contributed by atoms with Crippen LogP contribution in [0.25, 0.3) is 0 Å². The Labute approximate surface area is 113 Å². The predicted octanol–water partition coefficient (Wildman–Crippen LogP) is 2.78. The van der Waals surface area contributed by atoms with E-state index in [1.165, 1.54) is 38.9 Å². The van der Waals surface area contributed by atoms with Crippen molar-refractivity contribution in [2.45, 2.75) is 58.9 Å². The standard InChI is InChI=1S/C15H29N3/c1-4-10-18-11-6-14(7-12-18)17-9-5-8-15(2,3)13-16/h14,17H,4-12H2,1-3H3. The number of hydrogen-bond donors (Lipinski definition) is 1. The lowest BCUT2D eigenvalue weighted by molar-refractivity contribution is 0.197. The lowest BCUT2D eigenvalue weighted by Crippen LogP contribution is -2.43. The first-order valence-corrected chi connectivity index (χ1v) is 7.44. The molecule has 0 aromatic carbocycles. The molecule has 3 nitrogen and oxygen atoms in total. The van der Waals surface area contributed by atoms with E-state index in [-0.39, 0.29) is 5.41 Å². The van der Waals surface area contributed by atoms with Crippen LogP contribution in [0.3, 0.4) is 0 Å². The van der Waals surface area contributed by atoms with E-state index >= 15 is 0 Å². The average molecular weight is 251 g/mol. The summed E-state index contributed by atoms with van der Waals surface area (Å²) in [5.41, 5.74) is -0.161. The Morgan fingerprint density at radius 1 is 1.33 bits per heavy atom. The molecule has 0 spiro atoms. The van der Waals surface area contributed by atoms with Gasteiger partial charge in [0.25, 0.3) is 0 Å². The second-order valence-corrected chi connectivity index (χ2v) is 6.17. The van der Waals surface area contributed by atoms with E-state index in [1.807, 2.05) is 13.8 Å². The highest BCUT2D eigenvalue weighted by Gasteiger charge is 2.19. The van der Waals surface area contributed by atoms with Crippen LogP contribution in [-0.4, -0.2) is 37.1 Å². The van der Waals surface area contributed by atoms with Crippen LogP contribution in [0.1, 0.15) is 52.9 Å². The van der Waals surface area contributed by atoms with E-state index in [0.717, 1.165) is 19.4 Å². The lowest BCUT2D eigenvalue weighted by Gasteiger charge is -2.32. The van der Waals surface area contributed by atoms with Crippen LogP contribution in [0.2, 0.25) is 0 Å². The second-order valence-electron chi connectivity index (χ2n) is 6.17. The summed E-state index contributed by atoms with van der Waals surface area (Å²) in [6, 6.07) is 3.06. The Morgan fingerprint density at radius 2 is 2.00 bits per heavy atom. The van der Waals surface area contributed by atoms with E-state index in [2.05, 4.69) is 23.2 Å². The summed E-state index contributed by atoms with van der Waals surface area (Å²) in [7, 11) is 0. The van der Waals surface area contributed by atoms with Crippen LogP contribution in [-0.2, 0) is 0 Å². The van der Waals surface area contributed by atoms with Crippen LogP contribution >= 0.6 is 0 Å². The lowest BCUT2D eigenvalue weighted by atomic mass is 9.90. The molecule has 18 heavy (non-hydrogen) atoms. The molecular formula is C15H29N3. The molecule has 0 amide bonds. The molecule has 0 atom stereocenters. The summed E-state index contributed by atoms with van der Waals surface area (Å²) in [6.07, 6.45) is 5.92. The summed E-state index contributed by atoms with van der Waals surface area (Å²) in [6.45, 7) is 11.1. The van der Waals surface area contributed by atoms with Crippen LogP contribution in [0.5, 0.6) is 0 Å². The van der Waals surface area contributed by atoms with Crippen molar-refractivity contribution >= 4 is 0 Å². The van der Waals surface area contributed by atoms with Crippen molar-refractivity contribution in [3.63, 3.8) is 0 Å². The molecule has 1 N–H and O–H groups in total. The molecule has 1 aliphatic heterocycles. The van der Waals surface area contributed by atoms with E-state index in [9.17, 15) is 0 Å². The van der Waals surface area contributed by atoms with E-state index < -0.39 is 0 Å². The first-order valence-electron chi connectivity index (χ1n) is 7.44. The Balaban J connectivity index is 2.06. The van der Waals surface area contributed by atoms with Crippen molar-refractivity contribution < 1.29 is 0 Å². The van der Waals surface area contributed by atoms with Gasteiger partial charge in [-0.3, -0.25) is 0 Å². The summed E-state index contributed by atoms with van der Waals surface area (Å²) in [5.74, 6) is 0. The van der Waals surface area contributed by atoms with Gasteiger partial charge in [-0.1, -0.05) is 6.92 Å². The molecule has 1 rings (SSSR count). The molecule has 0 aromatic heterocycles. The first kappa shape index (κ1) is 15.5. The van der Waals surface area contributed by atoms with Gasteiger partial charge in [-0.2, -0.15) is 5.26 Å². The summed E-state index contributed by atoms with van der Waals surface area (Å²) >= 11 is 0. The molecule has 0 bridgehead atoms. The first-order chi connectivity index (χ1) is 8.57. The van der Waals surface area contributed by atoms with Crippen molar-refractivity contribution in [3.8, 4) is 6.07 Å². The Morgan fingerprint density at radius 3 is 2.56 bits per heavy atom. The van der Waals surface area contributed by atoms with Gasteiger partial charge in [0.1, 0.15) is 0 Å². The highest BCUT2D eigenvalue weighted by molar-refractivity contribution is 4.91. The van der Waals surface area contributed by atoms with Gasteiger partial charge in [0.2, 0.25) is 0 Å². The molecule has 1 heterocycles. The van der Waals surface area contributed by atoms with Crippen LogP contribution in [0.15, 0.2) is 0 Å². The van der Waals surface area contributed by atoms with Crippen molar-refractivity contribution in [1.29, 1.82) is 5.26 Å². The average Bonchev–Trinajstić information content (AvgIpc) is 2.37. The largest absolute Gasteiger partial charge is 0.314 e. The van der Waals surface area contributed by atoms with Gasteiger partial charge in [0.05, 0.1) is 11.5 Å². The molecule has 0 radical (unpaired) electrons. The zero-order valence-electron chi connectivity index (χ0n) is 12.3. The number of hydrogen-bond acceptors (Lipinski definition) is 3. The van der Waals surface area contributed by atoms with Gasteiger partial charge < -0.3 is 10.2 Å². The number of likely N-dealkylation sites (tertiary alicyclic amines) is 1. The van der Waals surface area contributed by atoms with Gasteiger partial charge in [-0.05, 0) is 72.1 Å². The van der Waals surface area contributed by atoms with Gasteiger partial charge in [-0.15, -0.1) is 0 Å². The maximum Gasteiger partial charge on any atom is 0.0683 e. The fraction of sp³-hybridized carbons (Fsp3) is 0.933. The van der Waals surface area contributed by atoms with Crippen molar-refractivity contribution in [1.82, 2.24) is 10.2 Å². The molecule has 0 unspecified atom stereocenters. The van der Waals surface area contributed by atoms with E-state index in [4.69, 9.17) is 5.26 Å². The number of nitrogens with one attached hydrogen (secondary N) is 1. The Kier molecular flexibility index (Phi) is 6.67. The number of piperidine rings is 1. The van der Waals surface area contributed by atoms with Crippen molar-refractivity contribution in [2.24, 2.45) is 5.41 Å². The Bertz CT molecular complexity index is 259. The molecule has 0 saturated carbocycles. The zero-order chi connectivity index (χ0) is 13.4. The Hall–Kier alpha value is -0.590. The fourth-order valence-corrected chi connectivity index (χ4v) is 2.57. The van der Waals surface area contributed by atoms with Crippen molar-refractivity contribution in [2.75, 3.05) is 26.2 Å². The maximum atomic E-state index is 8.95. The molecule has 3 heteroatoms. The molecule has 1 fully saturated rings. The van der Waals surface area contributed by atoms with Gasteiger partial charge in [0.15, 0.2) is 0 Å². The second kappa shape index (κ2) is 7.76. The van der Waals surface area contributed by atoms with Gasteiger partial charge in [-0.25, -0.2) is 0 Å². The fourth-order valence-electron chi connectivity index (χ4n) is 2.57. The summed E-state index contributed by atoms with van der Waals surface area (Å²) < 4.78 is 0. The van der Waals surface area contributed by atoms with Crippen LogP contribution < -0.4 is 5.32 Å². The highest BCUT2D eigenvalue weighted by atomic mass is 15.1. The van der Waals surface area contributed by atoms with Crippen LogP contribution in [0, 0.1) is 16.7 Å². The summed E-state index contributed by atoms with van der Waals surface area (Å²) in [4.78, 5) is 2.57. The molecule has 0 aromatic rings. The quantitative estimate of drug-likeness (QED) is 0.707. The smallest absolute Gasteiger partial charge is 0.0683 e. The van der Waals surface area contributed by atoms with Crippen LogP contribution in [0.4, 0.5) is 0 Å². The minimum absolute atomic E-state index is 0.161. The number of rotatable bonds is 7. The topological polar surface area (TPSA) is 39.1 Å². The zero-order valence-corrected chi connectivity index (χ0v) is 12.3. The normalized spacial score (nSPS) is 18.8. The van der Waals surface area contributed by atoms with Gasteiger partial charge in [0, 0.05) is 6.04 Å².